The van der Waals surface area contributed by atoms with Crippen molar-refractivity contribution in [1.82, 2.24) is 28.9 Å². The number of carbonyl (C=O) groups excluding carboxylic acids is 3. The van der Waals surface area contributed by atoms with Crippen LogP contribution in [0.25, 0.3) is 44.1 Å². The minimum absolute atomic E-state index is 0.144. The Morgan fingerprint density at radius 3 is 2.34 bits per heavy atom. The second kappa shape index (κ2) is 14.3. The van der Waals surface area contributed by atoms with Gasteiger partial charge in [0.2, 0.25) is 11.8 Å². The van der Waals surface area contributed by atoms with Crippen LogP contribution in [0.1, 0.15) is 40.4 Å². The summed E-state index contributed by atoms with van der Waals surface area (Å²) in [6.45, 7) is 3.17. The van der Waals surface area contributed by atoms with Crippen molar-refractivity contribution in [3.63, 3.8) is 0 Å². The van der Waals surface area contributed by atoms with Gasteiger partial charge in [-0.3, -0.25) is 33.6 Å². The van der Waals surface area contributed by atoms with Crippen molar-refractivity contribution >= 4 is 45.3 Å². The van der Waals surface area contributed by atoms with Crippen LogP contribution in [-0.4, -0.2) is 81.8 Å². The zero-order chi connectivity index (χ0) is 40.4. The Kier molecular flexibility index (Phi) is 9.11. The van der Waals surface area contributed by atoms with E-state index in [2.05, 4.69) is 15.2 Å². The Bertz CT molecular complexity index is 2810. The highest BCUT2D eigenvalue weighted by Crippen LogP contribution is 2.40. The number of morpholine rings is 1. The summed E-state index contributed by atoms with van der Waals surface area (Å²) < 4.78 is 22.0. The number of aryl methyl sites for hydroxylation is 2. The summed E-state index contributed by atoms with van der Waals surface area (Å²) in [6, 6.07) is 16.2. The molecule has 1 unspecified atom stereocenters. The molecule has 3 aliphatic rings. The van der Waals surface area contributed by atoms with Gasteiger partial charge in [0.05, 0.1) is 56.0 Å². The fourth-order valence-electron chi connectivity index (χ4n) is 8.59. The molecule has 3 aliphatic heterocycles. The van der Waals surface area contributed by atoms with Gasteiger partial charge in [0.1, 0.15) is 23.4 Å². The molecule has 58 heavy (non-hydrogen) atoms. The maximum Gasteiger partial charge on any atom is 0.329 e. The van der Waals surface area contributed by atoms with Crippen molar-refractivity contribution in [3.05, 3.63) is 105 Å². The topological polar surface area (TPSA) is 159 Å². The summed E-state index contributed by atoms with van der Waals surface area (Å²) in [5, 5.41) is 3.59. The van der Waals surface area contributed by atoms with Gasteiger partial charge in [-0.2, -0.15) is 0 Å². The Morgan fingerprint density at radius 1 is 0.862 bits per heavy atom. The standard InChI is InChI=1S/C43H41N7O8/c1-46-22-31(29-19-37(44-20-30(29)41(46)53)48-12-14-58-15-13-48)26-17-35(56-3)32(36(18-26)57-4)23-49-21-25-9-8-24(16-28(25)42(49)54)27-6-5-7-33-39(27)47(2)43(55)50(33)34-10-11-38(51)45-40(34)52/h5-9,16-20,22,34H,10-15,21,23H2,1-4H3,(H,45,51,52). The lowest BCUT2D eigenvalue weighted by Gasteiger charge is -2.28. The van der Waals surface area contributed by atoms with Crippen molar-refractivity contribution in [2.45, 2.75) is 32.0 Å². The molecule has 2 fully saturated rings. The largest absolute Gasteiger partial charge is 0.496 e. The smallest absolute Gasteiger partial charge is 0.329 e. The number of fused-ring (bicyclic) bond motifs is 3. The molecule has 3 aromatic carbocycles. The number of para-hydroxylation sites is 1. The van der Waals surface area contributed by atoms with Crippen LogP contribution in [0.4, 0.5) is 5.82 Å². The molecule has 2 saturated heterocycles. The molecule has 6 heterocycles. The van der Waals surface area contributed by atoms with Crippen molar-refractivity contribution in [2.24, 2.45) is 14.1 Å². The predicted octanol–water partition coefficient (Wildman–Crippen LogP) is 3.91. The number of aromatic nitrogens is 4. The summed E-state index contributed by atoms with van der Waals surface area (Å²) in [5.41, 5.74) is 5.79. The highest BCUT2D eigenvalue weighted by Gasteiger charge is 2.33. The molecular weight excluding hydrogens is 743 g/mol. The number of piperidine rings is 1. The summed E-state index contributed by atoms with van der Waals surface area (Å²) in [7, 11) is 6.53. The molecule has 0 radical (unpaired) electrons. The summed E-state index contributed by atoms with van der Waals surface area (Å²) >= 11 is 0. The van der Waals surface area contributed by atoms with Crippen LogP contribution in [0.15, 0.2) is 76.6 Å². The second-order valence-corrected chi connectivity index (χ2v) is 14.9. The van der Waals surface area contributed by atoms with Gasteiger partial charge in [-0.25, -0.2) is 9.78 Å². The third kappa shape index (κ3) is 6.00. The van der Waals surface area contributed by atoms with Gasteiger partial charge in [-0.1, -0.05) is 24.3 Å². The van der Waals surface area contributed by atoms with E-state index in [1.807, 2.05) is 54.7 Å². The molecule has 1 atom stereocenters. The molecule has 296 valence electrons. The Labute approximate surface area is 332 Å². The molecule has 1 N–H and O–H groups in total. The highest BCUT2D eigenvalue weighted by molar-refractivity contribution is 6.03. The highest BCUT2D eigenvalue weighted by atomic mass is 16.5. The zero-order valence-electron chi connectivity index (χ0n) is 32.5. The molecule has 3 amide bonds. The Balaban J connectivity index is 1.04. The summed E-state index contributed by atoms with van der Waals surface area (Å²) in [4.78, 5) is 74.2. The number of benzene rings is 3. The summed E-state index contributed by atoms with van der Waals surface area (Å²) in [5.74, 6) is 0.792. The number of ether oxygens (including phenoxy) is 3. The number of anilines is 1. The lowest BCUT2D eigenvalue weighted by Crippen LogP contribution is -2.44. The van der Waals surface area contributed by atoms with Crippen LogP contribution in [0, 0.1) is 0 Å². The molecule has 9 rings (SSSR count). The van der Waals surface area contributed by atoms with Gasteiger partial charge in [-0.05, 0) is 53.4 Å². The first-order valence-corrected chi connectivity index (χ1v) is 19.1. The van der Waals surface area contributed by atoms with Gasteiger partial charge in [0.25, 0.3) is 11.5 Å². The minimum Gasteiger partial charge on any atom is -0.496 e. The van der Waals surface area contributed by atoms with Crippen molar-refractivity contribution in [1.29, 1.82) is 0 Å². The lowest BCUT2D eigenvalue weighted by atomic mass is 9.98. The zero-order valence-corrected chi connectivity index (χ0v) is 32.5. The van der Waals surface area contributed by atoms with E-state index in [9.17, 15) is 24.0 Å². The molecular formula is C43H41N7O8. The molecule has 0 aliphatic carbocycles. The quantitative estimate of drug-likeness (QED) is 0.225. The first-order chi connectivity index (χ1) is 28.1. The Hall–Kier alpha value is -6.74. The first kappa shape index (κ1) is 36.9. The van der Waals surface area contributed by atoms with Crippen LogP contribution in [0.5, 0.6) is 11.5 Å². The number of rotatable bonds is 8. The van der Waals surface area contributed by atoms with E-state index in [0.717, 1.165) is 39.0 Å². The van der Waals surface area contributed by atoms with E-state index in [1.54, 1.807) is 50.0 Å². The average Bonchev–Trinajstić information content (AvgIpc) is 3.69. The van der Waals surface area contributed by atoms with Crippen molar-refractivity contribution in [3.8, 4) is 33.8 Å². The average molecular weight is 784 g/mol. The van der Waals surface area contributed by atoms with Crippen LogP contribution in [0.3, 0.4) is 0 Å². The lowest BCUT2D eigenvalue weighted by molar-refractivity contribution is -0.135. The van der Waals surface area contributed by atoms with Crippen LogP contribution >= 0.6 is 0 Å². The summed E-state index contributed by atoms with van der Waals surface area (Å²) in [6.07, 6.45) is 3.82. The minimum atomic E-state index is -0.811. The molecule has 6 aromatic rings. The van der Waals surface area contributed by atoms with E-state index >= 15 is 0 Å². The van der Waals surface area contributed by atoms with Gasteiger partial charge >= 0.3 is 5.69 Å². The number of imidazole rings is 1. The monoisotopic (exact) mass is 783 g/mol. The van der Waals surface area contributed by atoms with E-state index < -0.39 is 11.9 Å². The molecule has 0 spiro atoms. The molecule has 15 heteroatoms. The van der Waals surface area contributed by atoms with Crippen LogP contribution in [-0.2, 0) is 41.5 Å². The van der Waals surface area contributed by atoms with Crippen LogP contribution in [0.2, 0.25) is 0 Å². The van der Waals surface area contributed by atoms with Gasteiger partial charge in [0, 0.05) is 74.6 Å². The SMILES string of the molecule is COc1cc(-c2cn(C)c(=O)c3cnc(N4CCOCC4)cc23)cc(OC)c1CN1Cc2ccc(-c3cccc4c3n(C)c(=O)n4C3CCC(=O)NC3=O)cc2C1=O. The maximum atomic E-state index is 14.2. The first-order valence-electron chi connectivity index (χ1n) is 19.1. The number of nitrogens with zero attached hydrogens (tertiary/aromatic N) is 6. The third-order valence-electron chi connectivity index (χ3n) is 11.6. The van der Waals surface area contributed by atoms with E-state index in [-0.39, 0.29) is 42.4 Å². The van der Waals surface area contributed by atoms with E-state index in [0.29, 0.717) is 71.9 Å². The van der Waals surface area contributed by atoms with Crippen molar-refractivity contribution < 1.29 is 28.6 Å². The van der Waals surface area contributed by atoms with Gasteiger partial charge in [0.15, 0.2) is 0 Å². The van der Waals surface area contributed by atoms with Gasteiger partial charge < -0.3 is 28.6 Å². The predicted molar refractivity (Wildman–Crippen MR) is 216 cm³/mol. The maximum absolute atomic E-state index is 14.2. The number of hydrogen-bond donors (Lipinski definition) is 1. The number of carbonyl (C=O) groups is 3. The van der Waals surface area contributed by atoms with Gasteiger partial charge in [-0.15, -0.1) is 0 Å². The third-order valence-corrected chi connectivity index (χ3v) is 11.6. The normalized spacial score (nSPS) is 17.0. The molecule has 3 aromatic heterocycles. The Morgan fingerprint density at radius 2 is 1.62 bits per heavy atom. The fourth-order valence-corrected chi connectivity index (χ4v) is 8.59. The number of pyridine rings is 2. The molecule has 0 saturated carbocycles. The second-order valence-electron chi connectivity index (χ2n) is 14.9. The van der Waals surface area contributed by atoms with Crippen molar-refractivity contribution in [2.75, 3.05) is 45.4 Å². The van der Waals surface area contributed by atoms with E-state index in [1.165, 1.54) is 9.13 Å². The number of hydrogen-bond acceptors (Lipinski definition) is 10. The molecule has 0 bridgehead atoms. The fraction of sp³-hybridized carbons (Fsp3) is 0.302. The van der Waals surface area contributed by atoms with E-state index in [4.69, 9.17) is 14.2 Å². The van der Waals surface area contributed by atoms with Crippen LogP contribution < -0.4 is 30.9 Å². The number of amides is 3. The number of nitrogens with one attached hydrogen (secondary N) is 1. The number of methoxy groups -OCH3 is 2. The molecule has 15 nitrogen and oxygen atoms in total. The number of imide groups is 1.